The second-order valence-electron chi connectivity index (χ2n) is 6.30. The number of carbonyl (C=O) groups is 1. The summed E-state index contributed by atoms with van der Waals surface area (Å²) in [7, 11) is 1.79. The van der Waals surface area contributed by atoms with Crippen LogP contribution in [0, 0.1) is 5.41 Å². The molecule has 1 spiro atoms. The quantitative estimate of drug-likeness (QED) is 0.919. The van der Waals surface area contributed by atoms with Crippen LogP contribution < -0.4 is 5.32 Å². The van der Waals surface area contributed by atoms with Gasteiger partial charge in [-0.25, -0.2) is 0 Å². The van der Waals surface area contributed by atoms with E-state index < -0.39 is 0 Å². The third-order valence-electron chi connectivity index (χ3n) is 5.04. The van der Waals surface area contributed by atoms with E-state index in [2.05, 4.69) is 29.6 Å². The van der Waals surface area contributed by atoms with Crippen molar-refractivity contribution >= 4 is 5.91 Å². The predicted octanol–water partition coefficient (Wildman–Crippen LogP) is 2.69. The molecule has 20 heavy (non-hydrogen) atoms. The molecule has 1 N–H and O–H groups in total. The lowest BCUT2D eigenvalue weighted by Crippen LogP contribution is -2.43. The fraction of sp³-hybridized carbons (Fsp3) is 0.588. The van der Waals surface area contributed by atoms with Crippen molar-refractivity contribution in [2.75, 3.05) is 7.11 Å². The maximum absolute atomic E-state index is 12.0. The van der Waals surface area contributed by atoms with Crippen LogP contribution in [0.3, 0.4) is 0 Å². The Hall–Kier alpha value is -1.35. The molecule has 2 fully saturated rings. The van der Waals surface area contributed by atoms with Crippen LogP contribution in [0.15, 0.2) is 30.3 Å². The van der Waals surface area contributed by atoms with Gasteiger partial charge in [-0.15, -0.1) is 0 Å². The van der Waals surface area contributed by atoms with E-state index in [1.54, 1.807) is 7.11 Å². The van der Waals surface area contributed by atoms with Crippen LogP contribution in [0.4, 0.5) is 0 Å². The van der Waals surface area contributed by atoms with E-state index in [0.29, 0.717) is 12.5 Å². The molecule has 2 aliphatic rings. The molecular weight excluding hydrogens is 250 g/mol. The lowest BCUT2D eigenvalue weighted by Gasteiger charge is -2.41. The molecule has 3 rings (SSSR count). The highest BCUT2D eigenvalue weighted by molar-refractivity contribution is 5.80. The minimum Gasteiger partial charge on any atom is -0.381 e. The van der Waals surface area contributed by atoms with Crippen LogP contribution in [0.25, 0.3) is 0 Å². The van der Waals surface area contributed by atoms with Crippen LogP contribution in [0.5, 0.6) is 0 Å². The average molecular weight is 273 g/mol. The third-order valence-corrected chi connectivity index (χ3v) is 5.04. The molecule has 3 nitrogen and oxygen atoms in total. The van der Waals surface area contributed by atoms with Crippen LogP contribution in [-0.4, -0.2) is 25.2 Å². The molecule has 1 aliphatic carbocycles. The zero-order chi connectivity index (χ0) is 14.0. The highest BCUT2D eigenvalue weighted by Gasteiger charge is 2.49. The number of methoxy groups -OCH3 is 1. The number of ether oxygens (including phenoxy) is 1. The van der Waals surface area contributed by atoms with Gasteiger partial charge in [0.2, 0.25) is 5.91 Å². The number of carbonyl (C=O) groups excluding carboxylic acids is 1. The zero-order valence-electron chi connectivity index (χ0n) is 12.1. The second-order valence-corrected chi connectivity index (χ2v) is 6.30. The molecule has 0 aromatic heterocycles. The Kier molecular flexibility index (Phi) is 3.79. The van der Waals surface area contributed by atoms with E-state index >= 15 is 0 Å². The van der Waals surface area contributed by atoms with E-state index in [1.165, 1.54) is 12.0 Å². The van der Waals surface area contributed by atoms with Gasteiger partial charge in [0, 0.05) is 25.0 Å². The first-order chi connectivity index (χ1) is 9.72. The Bertz CT molecular complexity index is 473. The van der Waals surface area contributed by atoms with Crippen LogP contribution in [0.1, 0.15) is 37.7 Å². The van der Waals surface area contributed by atoms with E-state index in [9.17, 15) is 4.79 Å². The summed E-state index contributed by atoms with van der Waals surface area (Å²) in [4.78, 5) is 12.0. The summed E-state index contributed by atoms with van der Waals surface area (Å²) in [6.45, 7) is 0. The molecule has 108 valence electrons. The topological polar surface area (TPSA) is 38.3 Å². The van der Waals surface area contributed by atoms with Gasteiger partial charge in [-0.3, -0.25) is 4.79 Å². The number of hydrogen-bond donors (Lipinski definition) is 1. The Labute approximate surface area is 120 Å². The molecule has 1 heterocycles. The maximum Gasteiger partial charge on any atom is 0.220 e. The number of benzene rings is 1. The standard InChI is InChI=1S/C17H23NO2/c1-20-14-8-5-9-17(11-14)12-16(19)18-15(17)10-13-6-3-2-4-7-13/h2-4,6-7,14-15H,5,8-12H2,1H3,(H,18,19). The normalized spacial score (nSPS) is 33.4. The van der Waals surface area contributed by atoms with Gasteiger partial charge in [-0.1, -0.05) is 36.8 Å². The van der Waals surface area contributed by atoms with Crippen molar-refractivity contribution in [2.45, 2.75) is 50.7 Å². The first-order valence-electron chi connectivity index (χ1n) is 7.58. The largest absolute Gasteiger partial charge is 0.381 e. The summed E-state index contributed by atoms with van der Waals surface area (Å²) in [5.41, 5.74) is 1.41. The van der Waals surface area contributed by atoms with Crippen molar-refractivity contribution < 1.29 is 9.53 Å². The first kappa shape index (κ1) is 13.6. The number of nitrogens with one attached hydrogen (secondary N) is 1. The van der Waals surface area contributed by atoms with Gasteiger partial charge < -0.3 is 10.1 Å². The van der Waals surface area contributed by atoms with Crippen LogP contribution in [-0.2, 0) is 16.0 Å². The number of amides is 1. The van der Waals surface area contributed by atoms with E-state index in [-0.39, 0.29) is 17.4 Å². The van der Waals surface area contributed by atoms with Gasteiger partial charge in [0.05, 0.1) is 6.10 Å². The summed E-state index contributed by atoms with van der Waals surface area (Å²) in [5, 5.41) is 3.21. The summed E-state index contributed by atoms with van der Waals surface area (Å²) in [6.07, 6.45) is 6.37. The lowest BCUT2D eigenvalue weighted by atomic mass is 9.67. The van der Waals surface area contributed by atoms with Crippen molar-refractivity contribution in [1.29, 1.82) is 0 Å². The van der Waals surface area contributed by atoms with Gasteiger partial charge in [0.15, 0.2) is 0 Å². The first-order valence-corrected chi connectivity index (χ1v) is 7.58. The van der Waals surface area contributed by atoms with Crippen molar-refractivity contribution in [3.05, 3.63) is 35.9 Å². The van der Waals surface area contributed by atoms with Gasteiger partial charge in [0.25, 0.3) is 0 Å². The molecule has 3 heteroatoms. The Balaban J connectivity index is 1.79. The molecule has 1 aromatic carbocycles. The molecule has 1 aliphatic heterocycles. The molecule has 0 bridgehead atoms. The molecule has 1 saturated carbocycles. The monoisotopic (exact) mass is 273 g/mol. The van der Waals surface area contributed by atoms with Crippen LogP contribution in [0.2, 0.25) is 0 Å². The van der Waals surface area contributed by atoms with E-state index in [4.69, 9.17) is 4.74 Å². The van der Waals surface area contributed by atoms with Crippen molar-refractivity contribution in [3.63, 3.8) is 0 Å². The number of rotatable bonds is 3. The van der Waals surface area contributed by atoms with Crippen LogP contribution >= 0.6 is 0 Å². The lowest BCUT2D eigenvalue weighted by molar-refractivity contribution is -0.120. The molecule has 1 amide bonds. The van der Waals surface area contributed by atoms with E-state index in [1.807, 2.05) is 6.07 Å². The summed E-state index contributed by atoms with van der Waals surface area (Å²) in [5.74, 6) is 0.211. The SMILES string of the molecule is COC1CCCC2(CC(=O)NC2Cc2ccccc2)C1. The molecule has 1 saturated heterocycles. The van der Waals surface area contributed by atoms with Crippen molar-refractivity contribution in [1.82, 2.24) is 5.32 Å². The minimum absolute atomic E-state index is 0.103. The smallest absolute Gasteiger partial charge is 0.220 e. The predicted molar refractivity (Wildman–Crippen MR) is 78.4 cm³/mol. The number of hydrogen-bond acceptors (Lipinski definition) is 2. The highest BCUT2D eigenvalue weighted by atomic mass is 16.5. The summed E-state index contributed by atoms with van der Waals surface area (Å²) < 4.78 is 5.57. The summed E-state index contributed by atoms with van der Waals surface area (Å²) >= 11 is 0. The zero-order valence-corrected chi connectivity index (χ0v) is 12.1. The molecule has 3 atom stereocenters. The molecular formula is C17H23NO2. The fourth-order valence-corrected chi connectivity index (χ4v) is 3.98. The van der Waals surface area contributed by atoms with Gasteiger partial charge >= 0.3 is 0 Å². The minimum atomic E-state index is 0.103. The van der Waals surface area contributed by atoms with Crippen molar-refractivity contribution in [2.24, 2.45) is 5.41 Å². The molecule has 1 aromatic rings. The van der Waals surface area contributed by atoms with Gasteiger partial charge in [0.1, 0.15) is 0 Å². The average Bonchev–Trinajstić information content (AvgIpc) is 2.75. The Morgan fingerprint density at radius 1 is 1.35 bits per heavy atom. The Morgan fingerprint density at radius 2 is 2.15 bits per heavy atom. The third kappa shape index (κ3) is 2.59. The highest BCUT2D eigenvalue weighted by Crippen LogP contribution is 2.46. The second kappa shape index (κ2) is 5.57. The fourth-order valence-electron chi connectivity index (χ4n) is 3.98. The maximum atomic E-state index is 12.0. The van der Waals surface area contributed by atoms with Gasteiger partial charge in [-0.2, -0.15) is 0 Å². The summed E-state index contributed by atoms with van der Waals surface area (Å²) in [6, 6.07) is 10.7. The van der Waals surface area contributed by atoms with Crippen molar-refractivity contribution in [3.8, 4) is 0 Å². The molecule has 3 unspecified atom stereocenters. The Morgan fingerprint density at radius 3 is 2.90 bits per heavy atom. The van der Waals surface area contributed by atoms with Gasteiger partial charge in [-0.05, 0) is 31.2 Å². The molecule has 0 radical (unpaired) electrons. The van der Waals surface area contributed by atoms with E-state index in [0.717, 1.165) is 25.7 Å².